The molecule has 4 aromatic rings. The van der Waals surface area contributed by atoms with Crippen molar-refractivity contribution in [3.8, 4) is 11.5 Å². The standard InChI is InChI=1S/C31H33ClN4O4/c1-39-28-13-10-21(16-29(28)40-2)19-35(15-14-22-18-33-27-9-4-3-8-26(22)27)30(37)20-36(25-11-12-25)31(38)34-24-7-5-6-23(32)17-24/h3-10,13,16-18,25,33H,11-12,14-15,19-20H2,1-2H3,(H,34,38). The first-order valence-corrected chi connectivity index (χ1v) is 13.7. The maximum absolute atomic E-state index is 13.8. The van der Waals surface area contributed by atoms with Crippen molar-refractivity contribution in [2.45, 2.75) is 31.8 Å². The molecule has 1 aliphatic carbocycles. The van der Waals surface area contributed by atoms with Gasteiger partial charge in [0.05, 0.1) is 14.2 Å². The Morgan fingerprint density at radius 2 is 1.80 bits per heavy atom. The molecule has 40 heavy (non-hydrogen) atoms. The minimum Gasteiger partial charge on any atom is -0.493 e. The smallest absolute Gasteiger partial charge is 0.322 e. The Labute approximate surface area is 238 Å². The number of hydrogen-bond acceptors (Lipinski definition) is 4. The molecule has 8 nitrogen and oxygen atoms in total. The SMILES string of the molecule is COc1ccc(CN(CCc2c[nH]c3ccccc23)C(=O)CN(C(=O)Nc2cccc(Cl)c2)C2CC2)cc1OC. The number of nitrogens with one attached hydrogen (secondary N) is 2. The number of carbonyl (C=O) groups is 2. The van der Waals surface area contributed by atoms with Gasteiger partial charge >= 0.3 is 6.03 Å². The van der Waals surface area contributed by atoms with E-state index >= 15 is 0 Å². The molecule has 1 heterocycles. The lowest BCUT2D eigenvalue weighted by Crippen LogP contribution is -2.45. The van der Waals surface area contributed by atoms with Crippen LogP contribution in [-0.4, -0.2) is 60.1 Å². The van der Waals surface area contributed by atoms with E-state index < -0.39 is 0 Å². The number of carbonyl (C=O) groups excluding carboxylic acids is 2. The number of aromatic amines is 1. The molecule has 0 bridgehead atoms. The van der Waals surface area contributed by atoms with Crippen LogP contribution in [0.25, 0.3) is 10.9 Å². The van der Waals surface area contributed by atoms with Crippen LogP contribution in [0.1, 0.15) is 24.0 Å². The van der Waals surface area contributed by atoms with Crippen molar-refractivity contribution in [1.82, 2.24) is 14.8 Å². The molecule has 0 aliphatic heterocycles. The van der Waals surface area contributed by atoms with E-state index in [0.29, 0.717) is 41.7 Å². The van der Waals surface area contributed by atoms with Crippen molar-refractivity contribution >= 4 is 40.1 Å². The van der Waals surface area contributed by atoms with Crippen LogP contribution in [-0.2, 0) is 17.8 Å². The molecule has 0 saturated heterocycles. The minimum atomic E-state index is -0.305. The fourth-order valence-electron chi connectivity index (χ4n) is 4.85. The maximum atomic E-state index is 13.8. The Morgan fingerprint density at radius 3 is 2.55 bits per heavy atom. The Kier molecular flexibility index (Phi) is 8.45. The van der Waals surface area contributed by atoms with Crippen molar-refractivity contribution in [3.63, 3.8) is 0 Å². The van der Waals surface area contributed by atoms with E-state index in [2.05, 4.69) is 16.4 Å². The predicted octanol–water partition coefficient (Wildman–Crippen LogP) is 6.11. The third kappa shape index (κ3) is 6.51. The summed E-state index contributed by atoms with van der Waals surface area (Å²) in [5, 5.41) is 4.57. The fraction of sp³-hybridized carbons (Fsp3) is 0.290. The monoisotopic (exact) mass is 560 g/mol. The lowest BCUT2D eigenvalue weighted by Gasteiger charge is -2.28. The van der Waals surface area contributed by atoms with Gasteiger partial charge in [-0.2, -0.15) is 0 Å². The third-order valence-electron chi connectivity index (χ3n) is 7.13. The lowest BCUT2D eigenvalue weighted by atomic mass is 10.1. The highest BCUT2D eigenvalue weighted by Gasteiger charge is 2.35. The van der Waals surface area contributed by atoms with Gasteiger partial charge in [0.1, 0.15) is 6.54 Å². The zero-order valence-corrected chi connectivity index (χ0v) is 23.4. The van der Waals surface area contributed by atoms with Crippen molar-refractivity contribution < 1.29 is 19.1 Å². The van der Waals surface area contributed by atoms with Crippen molar-refractivity contribution in [1.29, 1.82) is 0 Å². The molecule has 1 fully saturated rings. The second-order valence-corrected chi connectivity index (χ2v) is 10.4. The third-order valence-corrected chi connectivity index (χ3v) is 7.37. The van der Waals surface area contributed by atoms with Crippen molar-refractivity contribution in [2.24, 2.45) is 0 Å². The number of rotatable bonds is 11. The number of hydrogen-bond donors (Lipinski definition) is 2. The highest BCUT2D eigenvalue weighted by molar-refractivity contribution is 6.30. The fourth-order valence-corrected chi connectivity index (χ4v) is 5.04. The molecular formula is C31H33ClN4O4. The van der Waals surface area contributed by atoms with Crippen LogP contribution in [0.4, 0.5) is 10.5 Å². The molecule has 208 valence electrons. The number of benzene rings is 3. The molecule has 1 saturated carbocycles. The van der Waals surface area contributed by atoms with Crippen molar-refractivity contribution in [2.75, 3.05) is 32.6 Å². The number of aromatic nitrogens is 1. The first-order chi connectivity index (χ1) is 19.4. The summed E-state index contributed by atoms with van der Waals surface area (Å²) in [7, 11) is 3.18. The Bertz CT molecular complexity index is 1500. The predicted molar refractivity (Wildman–Crippen MR) is 157 cm³/mol. The summed E-state index contributed by atoms with van der Waals surface area (Å²) >= 11 is 6.09. The minimum absolute atomic E-state index is 0.0156. The number of H-pyrrole nitrogens is 1. The quantitative estimate of drug-likeness (QED) is 0.232. The van der Waals surface area contributed by atoms with Crippen LogP contribution in [0.15, 0.2) is 72.9 Å². The first-order valence-electron chi connectivity index (χ1n) is 13.3. The van der Waals surface area contributed by atoms with Gasteiger partial charge in [-0.3, -0.25) is 4.79 Å². The van der Waals surface area contributed by atoms with Crippen LogP contribution < -0.4 is 14.8 Å². The highest BCUT2D eigenvalue weighted by Crippen LogP contribution is 2.30. The van der Waals surface area contributed by atoms with Crippen molar-refractivity contribution in [3.05, 3.63) is 89.1 Å². The molecule has 0 atom stereocenters. The summed E-state index contributed by atoms with van der Waals surface area (Å²) < 4.78 is 10.9. The Hall–Kier alpha value is -4.17. The van der Waals surface area contributed by atoms with Gasteiger partial charge in [-0.15, -0.1) is 0 Å². The zero-order valence-electron chi connectivity index (χ0n) is 22.7. The number of ether oxygens (including phenoxy) is 2. The van der Waals surface area contributed by atoms with Gasteiger partial charge in [-0.1, -0.05) is 41.9 Å². The summed E-state index contributed by atoms with van der Waals surface area (Å²) in [6.45, 7) is 0.845. The van der Waals surface area contributed by atoms with Gasteiger partial charge in [-0.05, 0) is 66.8 Å². The maximum Gasteiger partial charge on any atom is 0.322 e. The molecule has 0 unspecified atom stereocenters. The number of halogens is 1. The number of nitrogens with zero attached hydrogens (tertiary/aromatic N) is 2. The number of amides is 3. The van der Waals surface area contributed by atoms with Gasteiger partial charge in [0, 0.05) is 46.9 Å². The molecule has 9 heteroatoms. The van der Waals surface area contributed by atoms with E-state index in [-0.39, 0.29) is 24.5 Å². The molecular weight excluding hydrogens is 528 g/mol. The van der Waals surface area contributed by atoms with Gasteiger partial charge in [-0.25, -0.2) is 4.79 Å². The number of anilines is 1. The molecule has 3 aromatic carbocycles. The van der Waals surface area contributed by atoms with Gasteiger partial charge in [0.2, 0.25) is 5.91 Å². The zero-order chi connectivity index (χ0) is 28.1. The largest absolute Gasteiger partial charge is 0.493 e. The van der Waals surface area contributed by atoms with Gasteiger partial charge in [0.15, 0.2) is 11.5 Å². The summed E-state index contributed by atoms with van der Waals surface area (Å²) in [5.74, 6) is 1.10. The molecule has 3 amide bonds. The van der Waals surface area contributed by atoms with E-state index in [9.17, 15) is 9.59 Å². The molecule has 5 rings (SSSR count). The van der Waals surface area contributed by atoms with Crippen LogP contribution in [0.3, 0.4) is 0 Å². The second kappa shape index (κ2) is 12.3. The van der Waals surface area contributed by atoms with Crippen LogP contribution in [0.5, 0.6) is 11.5 Å². The first kappa shape index (κ1) is 27.4. The normalized spacial score (nSPS) is 12.7. The highest BCUT2D eigenvalue weighted by atomic mass is 35.5. The molecule has 1 aromatic heterocycles. The molecule has 1 aliphatic rings. The number of urea groups is 1. The summed E-state index contributed by atoms with van der Waals surface area (Å²) in [6.07, 6.45) is 4.42. The van der Waals surface area contributed by atoms with Crippen LogP contribution in [0.2, 0.25) is 5.02 Å². The number of para-hydroxylation sites is 1. The number of methoxy groups -OCH3 is 2. The van der Waals surface area contributed by atoms with E-state index in [1.54, 1.807) is 43.4 Å². The molecule has 0 radical (unpaired) electrons. The summed E-state index contributed by atoms with van der Waals surface area (Å²) in [4.78, 5) is 33.8. The molecule has 2 N–H and O–H groups in total. The summed E-state index contributed by atoms with van der Waals surface area (Å²) in [6, 6.07) is 20.5. The van der Waals surface area contributed by atoms with Gasteiger partial charge in [0.25, 0.3) is 0 Å². The Morgan fingerprint density at radius 1 is 1.00 bits per heavy atom. The van der Waals surface area contributed by atoms with E-state index in [1.807, 2.05) is 47.5 Å². The van der Waals surface area contributed by atoms with Gasteiger partial charge < -0.3 is 29.6 Å². The second-order valence-electron chi connectivity index (χ2n) is 9.91. The average Bonchev–Trinajstić information content (AvgIpc) is 3.72. The van der Waals surface area contributed by atoms with E-state index in [1.165, 1.54) is 0 Å². The average molecular weight is 561 g/mol. The number of fused-ring (bicyclic) bond motifs is 1. The van der Waals surface area contributed by atoms with E-state index in [0.717, 1.165) is 34.9 Å². The van der Waals surface area contributed by atoms with Crippen LogP contribution >= 0.6 is 11.6 Å². The lowest BCUT2D eigenvalue weighted by molar-refractivity contribution is -0.132. The van der Waals surface area contributed by atoms with E-state index in [4.69, 9.17) is 21.1 Å². The topological polar surface area (TPSA) is 86.9 Å². The molecule has 0 spiro atoms. The summed E-state index contributed by atoms with van der Waals surface area (Å²) in [5.41, 5.74) is 3.70. The van der Waals surface area contributed by atoms with Crippen LogP contribution in [0, 0.1) is 0 Å². The Balaban J connectivity index is 1.35.